The lowest BCUT2D eigenvalue weighted by Gasteiger charge is -2.26. The summed E-state index contributed by atoms with van der Waals surface area (Å²) in [7, 11) is 1.64. The van der Waals surface area contributed by atoms with Crippen LogP contribution in [0.1, 0.15) is 32.4 Å². The van der Waals surface area contributed by atoms with Crippen molar-refractivity contribution in [3.8, 4) is 0 Å². The van der Waals surface area contributed by atoms with E-state index in [1.807, 2.05) is 20.8 Å². The molecule has 1 unspecified atom stereocenters. The van der Waals surface area contributed by atoms with Gasteiger partial charge in [0.05, 0.1) is 5.60 Å². The monoisotopic (exact) mass is 243 g/mol. The number of hydrogen-bond donors (Lipinski definition) is 1. The van der Waals surface area contributed by atoms with Gasteiger partial charge in [-0.2, -0.15) is 0 Å². The first kappa shape index (κ1) is 14.1. The summed E-state index contributed by atoms with van der Waals surface area (Å²) in [5, 5.41) is 3.22. The molecule has 0 aliphatic heterocycles. The molecule has 0 saturated heterocycles. The Morgan fingerprint density at radius 2 is 1.94 bits per heavy atom. The molecule has 0 bridgehead atoms. The Bertz CT molecular complexity index is 380. The lowest BCUT2D eigenvalue weighted by atomic mass is 10.1. The maximum Gasteiger partial charge on any atom is 0.159 e. The molecule has 0 spiro atoms. The first-order valence-electron chi connectivity index (χ1n) is 5.59. The number of halogens is 2. The van der Waals surface area contributed by atoms with Crippen LogP contribution < -0.4 is 5.32 Å². The molecule has 0 radical (unpaired) electrons. The second kappa shape index (κ2) is 5.56. The first-order chi connectivity index (χ1) is 7.85. The molecule has 2 nitrogen and oxygen atoms in total. The number of rotatable bonds is 5. The van der Waals surface area contributed by atoms with Gasteiger partial charge in [-0.1, -0.05) is 6.07 Å². The predicted octanol–water partition coefficient (Wildman–Crippen LogP) is 3.04. The topological polar surface area (TPSA) is 21.3 Å². The number of methoxy groups -OCH3 is 1. The molecular formula is C13H19F2NO. The Hall–Kier alpha value is -1.00. The quantitative estimate of drug-likeness (QED) is 0.858. The van der Waals surface area contributed by atoms with Gasteiger partial charge in [-0.3, -0.25) is 0 Å². The van der Waals surface area contributed by atoms with E-state index < -0.39 is 11.6 Å². The Morgan fingerprint density at radius 3 is 2.47 bits per heavy atom. The highest BCUT2D eigenvalue weighted by Gasteiger charge is 2.18. The minimum atomic E-state index is -0.821. The van der Waals surface area contributed by atoms with Crippen molar-refractivity contribution in [3.63, 3.8) is 0 Å². The van der Waals surface area contributed by atoms with Crippen molar-refractivity contribution in [2.75, 3.05) is 13.7 Å². The summed E-state index contributed by atoms with van der Waals surface area (Å²) < 4.78 is 31.1. The summed E-state index contributed by atoms with van der Waals surface area (Å²) in [6.45, 7) is 6.44. The van der Waals surface area contributed by atoms with Crippen molar-refractivity contribution in [2.24, 2.45) is 0 Å². The predicted molar refractivity (Wildman–Crippen MR) is 63.9 cm³/mol. The molecule has 0 aromatic heterocycles. The van der Waals surface area contributed by atoms with Crippen LogP contribution in [0, 0.1) is 11.6 Å². The Balaban J connectivity index is 2.64. The second-order valence-electron chi connectivity index (χ2n) is 4.74. The SMILES string of the molecule is COC(C)(C)CNC(C)c1ccc(F)c(F)c1. The van der Waals surface area contributed by atoms with Crippen molar-refractivity contribution in [3.05, 3.63) is 35.4 Å². The smallest absolute Gasteiger partial charge is 0.159 e. The molecule has 4 heteroatoms. The largest absolute Gasteiger partial charge is 0.377 e. The summed E-state index contributed by atoms with van der Waals surface area (Å²) >= 11 is 0. The van der Waals surface area contributed by atoms with Crippen LogP contribution in [-0.2, 0) is 4.74 Å². The van der Waals surface area contributed by atoms with E-state index >= 15 is 0 Å². The van der Waals surface area contributed by atoms with E-state index in [4.69, 9.17) is 4.74 Å². The third-order valence-corrected chi connectivity index (χ3v) is 2.83. The minimum absolute atomic E-state index is 0.0560. The van der Waals surface area contributed by atoms with Gasteiger partial charge >= 0.3 is 0 Å². The zero-order chi connectivity index (χ0) is 13.1. The fourth-order valence-electron chi connectivity index (χ4n) is 1.37. The fraction of sp³-hybridized carbons (Fsp3) is 0.538. The summed E-state index contributed by atoms with van der Waals surface area (Å²) in [6.07, 6.45) is 0. The van der Waals surface area contributed by atoms with Gasteiger partial charge in [0, 0.05) is 19.7 Å². The summed E-state index contributed by atoms with van der Waals surface area (Å²) in [6, 6.07) is 3.88. The molecule has 0 saturated carbocycles. The third-order valence-electron chi connectivity index (χ3n) is 2.83. The lowest BCUT2D eigenvalue weighted by molar-refractivity contribution is 0.0214. The molecule has 96 valence electrons. The number of hydrogen-bond acceptors (Lipinski definition) is 2. The molecular weight excluding hydrogens is 224 g/mol. The van der Waals surface area contributed by atoms with Crippen molar-refractivity contribution in [1.29, 1.82) is 0 Å². The highest BCUT2D eigenvalue weighted by Crippen LogP contribution is 2.17. The number of nitrogens with one attached hydrogen (secondary N) is 1. The van der Waals surface area contributed by atoms with E-state index in [9.17, 15) is 8.78 Å². The first-order valence-corrected chi connectivity index (χ1v) is 5.59. The Morgan fingerprint density at radius 1 is 1.29 bits per heavy atom. The molecule has 0 heterocycles. The molecule has 0 aliphatic rings. The van der Waals surface area contributed by atoms with E-state index in [0.29, 0.717) is 6.54 Å². The van der Waals surface area contributed by atoms with Crippen LogP contribution in [0.4, 0.5) is 8.78 Å². The zero-order valence-corrected chi connectivity index (χ0v) is 10.7. The van der Waals surface area contributed by atoms with Crippen LogP contribution in [0.25, 0.3) is 0 Å². The van der Waals surface area contributed by atoms with Gasteiger partial charge in [0.25, 0.3) is 0 Å². The molecule has 1 N–H and O–H groups in total. The van der Waals surface area contributed by atoms with Crippen LogP contribution in [0.3, 0.4) is 0 Å². The summed E-state index contributed by atoms with van der Waals surface area (Å²) in [5.41, 5.74) is 0.433. The highest BCUT2D eigenvalue weighted by atomic mass is 19.2. The molecule has 1 aromatic rings. The van der Waals surface area contributed by atoms with Crippen molar-refractivity contribution in [1.82, 2.24) is 5.32 Å². The highest BCUT2D eigenvalue weighted by molar-refractivity contribution is 5.20. The molecule has 17 heavy (non-hydrogen) atoms. The maximum atomic E-state index is 13.1. The average molecular weight is 243 g/mol. The molecule has 1 rings (SSSR count). The standard InChI is InChI=1S/C13H19F2NO/c1-9(16-8-13(2,3)17-4)10-5-6-11(14)12(15)7-10/h5-7,9,16H,8H2,1-4H3. The van der Waals surface area contributed by atoms with Gasteiger partial charge < -0.3 is 10.1 Å². The third kappa shape index (κ3) is 4.06. The van der Waals surface area contributed by atoms with Crippen LogP contribution in [-0.4, -0.2) is 19.3 Å². The normalized spacial score (nSPS) is 13.8. The van der Waals surface area contributed by atoms with Crippen LogP contribution in [0.15, 0.2) is 18.2 Å². The lowest BCUT2D eigenvalue weighted by Crippen LogP contribution is -2.37. The van der Waals surface area contributed by atoms with Gasteiger partial charge in [0.2, 0.25) is 0 Å². The Labute approximate surface area is 101 Å². The minimum Gasteiger partial charge on any atom is -0.377 e. The van der Waals surface area contributed by atoms with Crippen LogP contribution >= 0.6 is 0 Å². The summed E-state index contributed by atoms with van der Waals surface area (Å²) in [5.74, 6) is -1.64. The summed E-state index contributed by atoms with van der Waals surface area (Å²) in [4.78, 5) is 0. The van der Waals surface area contributed by atoms with Crippen LogP contribution in [0.2, 0.25) is 0 Å². The molecule has 1 aromatic carbocycles. The molecule has 0 amide bonds. The van der Waals surface area contributed by atoms with E-state index in [1.165, 1.54) is 6.07 Å². The number of ether oxygens (including phenoxy) is 1. The second-order valence-corrected chi connectivity index (χ2v) is 4.74. The molecule has 0 aliphatic carbocycles. The fourth-order valence-corrected chi connectivity index (χ4v) is 1.37. The van der Waals surface area contributed by atoms with E-state index in [1.54, 1.807) is 13.2 Å². The van der Waals surface area contributed by atoms with Gasteiger partial charge in [0.1, 0.15) is 0 Å². The molecule has 0 fully saturated rings. The Kier molecular flexibility index (Phi) is 4.60. The van der Waals surface area contributed by atoms with Crippen molar-refractivity contribution in [2.45, 2.75) is 32.4 Å². The van der Waals surface area contributed by atoms with E-state index in [2.05, 4.69) is 5.32 Å². The van der Waals surface area contributed by atoms with E-state index in [0.717, 1.165) is 11.6 Å². The van der Waals surface area contributed by atoms with Gasteiger partial charge in [0.15, 0.2) is 11.6 Å². The van der Waals surface area contributed by atoms with Gasteiger partial charge in [-0.25, -0.2) is 8.78 Å². The number of benzene rings is 1. The van der Waals surface area contributed by atoms with Crippen molar-refractivity contribution >= 4 is 0 Å². The van der Waals surface area contributed by atoms with Gasteiger partial charge in [-0.15, -0.1) is 0 Å². The van der Waals surface area contributed by atoms with Crippen molar-refractivity contribution < 1.29 is 13.5 Å². The van der Waals surface area contributed by atoms with Gasteiger partial charge in [-0.05, 0) is 38.5 Å². The molecule has 1 atom stereocenters. The maximum absolute atomic E-state index is 13.1. The van der Waals surface area contributed by atoms with Crippen LogP contribution in [0.5, 0.6) is 0 Å². The zero-order valence-electron chi connectivity index (χ0n) is 10.7. The average Bonchev–Trinajstić information content (AvgIpc) is 2.30. The van der Waals surface area contributed by atoms with E-state index in [-0.39, 0.29) is 11.6 Å².